The molecular weight excluding hydrogens is 439 g/mol. The number of nitrogens with two attached hydrogens (primary N) is 1. The van der Waals surface area contributed by atoms with Crippen molar-refractivity contribution in [3.8, 4) is 5.88 Å². The first-order valence-corrected chi connectivity index (χ1v) is 10.4. The number of anilines is 2. The lowest BCUT2D eigenvalue weighted by Gasteiger charge is -2.20. The van der Waals surface area contributed by atoms with Crippen LogP contribution in [0.2, 0.25) is 0 Å². The predicted molar refractivity (Wildman–Crippen MR) is 117 cm³/mol. The summed E-state index contributed by atoms with van der Waals surface area (Å²) in [5, 5.41) is 3.52. The first kappa shape index (κ1) is 22.8. The second-order valence-electron chi connectivity index (χ2n) is 8.08. The molecule has 1 fully saturated rings. The molecule has 3 aromatic rings. The summed E-state index contributed by atoms with van der Waals surface area (Å²) >= 11 is 0. The normalized spacial score (nSPS) is 17.3. The van der Waals surface area contributed by atoms with E-state index in [1.54, 1.807) is 27.0 Å². The third-order valence-electron chi connectivity index (χ3n) is 5.50. The number of hydrogen-bond donors (Lipinski definition) is 2. The molecule has 1 saturated heterocycles. The molecule has 1 aliphatic rings. The number of nitrogen functional groups attached to an aromatic ring is 1. The van der Waals surface area contributed by atoms with Crippen LogP contribution in [-0.4, -0.2) is 33.9 Å². The molecule has 0 saturated carbocycles. The van der Waals surface area contributed by atoms with Gasteiger partial charge >= 0.3 is 6.18 Å². The van der Waals surface area contributed by atoms with Gasteiger partial charge in [0.1, 0.15) is 23.3 Å². The molecule has 1 aliphatic heterocycles. The van der Waals surface area contributed by atoms with Gasteiger partial charge in [-0.25, -0.2) is 9.97 Å². The number of ether oxygens (including phenoxy) is 2. The van der Waals surface area contributed by atoms with Gasteiger partial charge in [-0.05, 0) is 37.6 Å². The summed E-state index contributed by atoms with van der Waals surface area (Å²) in [6.45, 7) is 4.33. The van der Waals surface area contributed by atoms with Crippen LogP contribution in [0.25, 0.3) is 10.9 Å². The summed E-state index contributed by atoms with van der Waals surface area (Å²) in [6.07, 6.45) is -4.00. The molecule has 0 unspecified atom stereocenters. The molecule has 8 nitrogen and oxygen atoms in total. The molecule has 1 aromatic carbocycles. The van der Waals surface area contributed by atoms with Crippen LogP contribution in [0.1, 0.15) is 36.3 Å². The summed E-state index contributed by atoms with van der Waals surface area (Å²) < 4.78 is 52.4. The van der Waals surface area contributed by atoms with Crippen molar-refractivity contribution in [1.29, 1.82) is 0 Å². The number of hydrogen-bond acceptors (Lipinski definition) is 7. The van der Waals surface area contributed by atoms with Crippen LogP contribution in [0.5, 0.6) is 5.88 Å². The molecule has 0 bridgehead atoms. The van der Waals surface area contributed by atoms with Crippen molar-refractivity contribution in [1.82, 2.24) is 14.5 Å². The highest BCUT2D eigenvalue weighted by atomic mass is 19.4. The highest BCUT2D eigenvalue weighted by molar-refractivity contribution is 5.89. The molecule has 3 heterocycles. The van der Waals surface area contributed by atoms with Crippen LogP contribution in [-0.2, 0) is 18.0 Å². The number of alkyl halides is 3. The Morgan fingerprint density at radius 1 is 1.27 bits per heavy atom. The van der Waals surface area contributed by atoms with Gasteiger partial charge in [0.25, 0.3) is 5.56 Å². The molecule has 0 amide bonds. The van der Waals surface area contributed by atoms with E-state index in [0.717, 1.165) is 12.1 Å². The van der Waals surface area contributed by atoms with Crippen LogP contribution in [0.3, 0.4) is 0 Å². The Balaban J connectivity index is 1.75. The Morgan fingerprint density at radius 2 is 2.03 bits per heavy atom. The number of aryl methyl sites for hydroxylation is 1. The minimum atomic E-state index is -4.52. The SMILES string of the molecule is Cc1nc(N[C@H](C)c2cc(N)cc(C(F)(F)F)c2)c2cc(O[C@@H]3CCOC3)n(C)c(=O)c2n1. The summed E-state index contributed by atoms with van der Waals surface area (Å²) in [5.41, 5.74) is 5.02. The minimum absolute atomic E-state index is 0.000499. The zero-order chi connectivity index (χ0) is 23.9. The van der Waals surface area contributed by atoms with Gasteiger partial charge in [0.2, 0.25) is 0 Å². The number of nitrogens with one attached hydrogen (secondary N) is 1. The largest absolute Gasteiger partial charge is 0.473 e. The number of rotatable bonds is 5. The van der Waals surface area contributed by atoms with E-state index in [4.69, 9.17) is 15.2 Å². The number of nitrogens with zero attached hydrogens (tertiary/aromatic N) is 3. The van der Waals surface area contributed by atoms with E-state index >= 15 is 0 Å². The molecule has 11 heteroatoms. The molecule has 4 rings (SSSR count). The third kappa shape index (κ3) is 4.72. The highest BCUT2D eigenvalue weighted by Crippen LogP contribution is 2.34. The number of fused-ring (bicyclic) bond motifs is 1. The van der Waals surface area contributed by atoms with E-state index in [9.17, 15) is 18.0 Å². The van der Waals surface area contributed by atoms with E-state index in [0.29, 0.717) is 48.1 Å². The lowest BCUT2D eigenvalue weighted by Crippen LogP contribution is -2.25. The van der Waals surface area contributed by atoms with Gasteiger partial charge in [0.15, 0.2) is 5.88 Å². The monoisotopic (exact) mass is 463 g/mol. The first-order valence-electron chi connectivity index (χ1n) is 10.4. The van der Waals surface area contributed by atoms with Crippen LogP contribution >= 0.6 is 0 Å². The van der Waals surface area contributed by atoms with Gasteiger partial charge in [0, 0.05) is 25.2 Å². The van der Waals surface area contributed by atoms with E-state index < -0.39 is 17.8 Å². The molecule has 2 atom stereocenters. The van der Waals surface area contributed by atoms with Gasteiger partial charge < -0.3 is 20.5 Å². The zero-order valence-electron chi connectivity index (χ0n) is 18.4. The topological polar surface area (TPSA) is 104 Å². The first-order chi connectivity index (χ1) is 15.5. The van der Waals surface area contributed by atoms with Crippen molar-refractivity contribution < 1.29 is 22.6 Å². The molecule has 33 heavy (non-hydrogen) atoms. The third-order valence-corrected chi connectivity index (χ3v) is 5.50. The highest BCUT2D eigenvalue weighted by Gasteiger charge is 2.31. The minimum Gasteiger partial charge on any atom is -0.473 e. The second-order valence-corrected chi connectivity index (χ2v) is 8.08. The van der Waals surface area contributed by atoms with Gasteiger partial charge in [-0.2, -0.15) is 13.2 Å². The van der Waals surface area contributed by atoms with Gasteiger partial charge in [-0.15, -0.1) is 0 Å². The predicted octanol–water partition coefficient (Wildman–Crippen LogP) is 3.58. The van der Waals surface area contributed by atoms with Crippen molar-refractivity contribution in [3.05, 3.63) is 51.6 Å². The van der Waals surface area contributed by atoms with Crippen molar-refractivity contribution in [2.45, 2.75) is 38.6 Å². The van der Waals surface area contributed by atoms with Crippen LogP contribution in [0, 0.1) is 6.92 Å². The molecule has 0 aliphatic carbocycles. The summed E-state index contributed by atoms with van der Waals surface area (Å²) in [4.78, 5) is 21.7. The Morgan fingerprint density at radius 3 is 2.70 bits per heavy atom. The molecule has 0 radical (unpaired) electrons. The van der Waals surface area contributed by atoms with Crippen LogP contribution in [0.15, 0.2) is 29.1 Å². The van der Waals surface area contributed by atoms with Crippen LogP contribution < -0.4 is 21.3 Å². The summed E-state index contributed by atoms with van der Waals surface area (Å²) in [6, 6.07) is 4.46. The fourth-order valence-electron chi connectivity index (χ4n) is 3.74. The van der Waals surface area contributed by atoms with E-state index in [1.165, 1.54) is 10.6 Å². The fraction of sp³-hybridized carbons (Fsp3) is 0.409. The Labute approximate surface area is 187 Å². The smallest absolute Gasteiger partial charge is 0.416 e. The maximum Gasteiger partial charge on any atom is 0.416 e. The standard InChI is InChI=1S/C22H24F3N5O3/c1-11(13-6-14(22(23,24)25)8-15(26)7-13)27-20-17-9-18(33-16-4-5-32-10-16)30(3)21(31)19(17)28-12(2)29-20/h6-9,11,16H,4-5,10,26H2,1-3H3,(H,27,28,29)/t11-,16-/m1/s1. The van der Waals surface area contributed by atoms with E-state index in [2.05, 4.69) is 15.3 Å². The average molecular weight is 463 g/mol. The molecule has 176 valence electrons. The maximum absolute atomic E-state index is 13.2. The summed E-state index contributed by atoms with van der Waals surface area (Å²) in [5.74, 6) is 0.983. The lowest BCUT2D eigenvalue weighted by atomic mass is 10.0. The van der Waals surface area contributed by atoms with Crippen molar-refractivity contribution in [2.75, 3.05) is 24.3 Å². The Kier molecular flexibility index (Phi) is 5.91. The molecular formula is C22H24F3N5O3. The number of aromatic nitrogens is 3. The lowest BCUT2D eigenvalue weighted by molar-refractivity contribution is -0.137. The zero-order valence-corrected chi connectivity index (χ0v) is 18.4. The Bertz CT molecular complexity index is 1250. The van der Waals surface area contributed by atoms with Crippen molar-refractivity contribution in [2.24, 2.45) is 7.05 Å². The fourth-order valence-corrected chi connectivity index (χ4v) is 3.74. The average Bonchev–Trinajstić information content (AvgIpc) is 3.24. The summed E-state index contributed by atoms with van der Waals surface area (Å²) in [7, 11) is 1.59. The quantitative estimate of drug-likeness (QED) is 0.558. The van der Waals surface area contributed by atoms with E-state index in [-0.39, 0.29) is 22.9 Å². The van der Waals surface area contributed by atoms with Crippen molar-refractivity contribution in [3.63, 3.8) is 0 Å². The number of benzene rings is 1. The Hall–Kier alpha value is -3.34. The molecule has 3 N–H and O–H groups in total. The molecule has 2 aromatic heterocycles. The van der Waals surface area contributed by atoms with Crippen LogP contribution in [0.4, 0.5) is 24.7 Å². The van der Waals surface area contributed by atoms with Gasteiger partial charge in [0.05, 0.1) is 30.2 Å². The maximum atomic E-state index is 13.2. The van der Waals surface area contributed by atoms with E-state index in [1.807, 2.05) is 0 Å². The number of pyridine rings is 1. The number of halogens is 3. The van der Waals surface area contributed by atoms with Gasteiger partial charge in [-0.1, -0.05) is 0 Å². The van der Waals surface area contributed by atoms with Gasteiger partial charge in [-0.3, -0.25) is 9.36 Å². The second kappa shape index (κ2) is 8.54. The molecule has 0 spiro atoms. The van der Waals surface area contributed by atoms with Crippen molar-refractivity contribution >= 4 is 22.4 Å².